The zero-order chi connectivity index (χ0) is 15.9. The Morgan fingerprint density at radius 3 is 1.95 bits per heavy atom. The highest BCUT2D eigenvalue weighted by atomic mass is 16.5. The van der Waals surface area contributed by atoms with E-state index in [0.29, 0.717) is 17.2 Å². The Bertz CT molecular complexity index is 574. The van der Waals surface area contributed by atoms with Crippen molar-refractivity contribution in [3.05, 3.63) is 48.0 Å². The molecule has 0 atom stereocenters. The van der Waals surface area contributed by atoms with E-state index in [1.54, 1.807) is 21.3 Å². The van der Waals surface area contributed by atoms with Crippen LogP contribution in [0.25, 0.3) is 0 Å². The van der Waals surface area contributed by atoms with E-state index < -0.39 is 0 Å². The first-order valence-electron chi connectivity index (χ1n) is 7.24. The number of rotatable bonds is 7. The normalized spacial score (nSPS) is 10.2. The number of nitrogens with zero attached hydrogens (tertiary/aromatic N) is 1. The fourth-order valence-electron chi connectivity index (χ4n) is 2.39. The van der Waals surface area contributed by atoms with E-state index in [9.17, 15) is 0 Å². The third-order valence-electron chi connectivity index (χ3n) is 3.66. The molecule has 0 aromatic heterocycles. The quantitative estimate of drug-likeness (QED) is 0.784. The molecule has 0 aliphatic carbocycles. The van der Waals surface area contributed by atoms with E-state index in [1.165, 1.54) is 5.69 Å². The fourth-order valence-corrected chi connectivity index (χ4v) is 2.39. The minimum Gasteiger partial charge on any atom is -0.493 e. The van der Waals surface area contributed by atoms with Crippen LogP contribution in [0.3, 0.4) is 0 Å². The minimum absolute atomic E-state index is 0.630. The van der Waals surface area contributed by atoms with Crippen LogP contribution in [0.4, 0.5) is 5.69 Å². The van der Waals surface area contributed by atoms with Crippen molar-refractivity contribution < 1.29 is 14.2 Å². The van der Waals surface area contributed by atoms with Gasteiger partial charge in [-0.3, -0.25) is 0 Å². The summed E-state index contributed by atoms with van der Waals surface area (Å²) in [5.41, 5.74) is 2.35. The molecule has 0 N–H and O–H groups in total. The second kappa shape index (κ2) is 7.59. The molecule has 0 spiro atoms. The number of ether oxygens (including phenoxy) is 3. The van der Waals surface area contributed by atoms with Crippen molar-refractivity contribution in [1.82, 2.24) is 0 Å². The maximum atomic E-state index is 5.39. The maximum Gasteiger partial charge on any atom is 0.203 e. The summed E-state index contributed by atoms with van der Waals surface area (Å²) >= 11 is 0. The summed E-state index contributed by atoms with van der Waals surface area (Å²) in [6.45, 7) is 0.905. The van der Waals surface area contributed by atoms with E-state index in [0.717, 1.165) is 18.5 Å². The van der Waals surface area contributed by atoms with Crippen molar-refractivity contribution in [3.8, 4) is 17.2 Å². The molecule has 0 aliphatic heterocycles. The Morgan fingerprint density at radius 1 is 0.864 bits per heavy atom. The Hall–Kier alpha value is -2.36. The molecule has 0 radical (unpaired) electrons. The van der Waals surface area contributed by atoms with Gasteiger partial charge in [0.05, 0.1) is 21.3 Å². The number of anilines is 1. The van der Waals surface area contributed by atoms with Crippen LogP contribution in [0.2, 0.25) is 0 Å². The average molecular weight is 301 g/mol. The van der Waals surface area contributed by atoms with Crippen LogP contribution < -0.4 is 19.1 Å². The van der Waals surface area contributed by atoms with Crippen LogP contribution in [-0.2, 0) is 6.42 Å². The van der Waals surface area contributed by atoms with Crippen molar-refractivity contribution in [1.29, 1.82) is 0 Å². The second-order valence-electron chi connectivity index (χ2n) is 5.04. The Labute approximate surface area is 132 Å². The van der Waals surface area contributed by atoms with Crippen molar-refractivity contribution in [2.45, 2.75) is 6.42 Å². The summed E-state index contributed by atoms with van der Waals surface area (Å²) in [6.07, 6.45) is 0.891. The number of methoxy groups -OCH3 is 3. The molecule has 2 rings (SSSR count). The highest BCUT2D eigenvalue weighted by molar-refractivity contribution is 5.54. The van der Waals surface area contributed by atoms with Gasteiger partial charge in [-0.05, 0) is 36.2 Å². The van der Waals surface area contributed by atoms with Gasteiger partial charge in [-0.2, -0.15) is 0 Å². The first-order chi connectivity index (χ1) is 10.7. The van der Waals surface area contributed by atoms with E-state index >= 15 is 0 Å². The van der Waals surface area contributed by atoms with Gasteiger partial charge in [0.15, 0.2) is 11.5 Å². The molecular weight excluding hydrogens is 278 g/mol. The predicted octanol–water partition coefficient (Wildman–Crippen LogP) is 3.39. The zero-order valence-corrected chi connectivity index (χ0v) is 13.6. The number of hydrogen-bond donors (Lipinski definition) is 0. The largest absolute Gasteiger partial charge is 0.493 e. The molecule has 2 aromatic carbocycles. The third-order valence-corrected chi connectivity index (χ3v) is 3.66. The molecule has 2 aromatic rings. The molecule has 0 saturated carbocycles. The first kappa shape index (κ1) is 16.0. The lowest BCUT2D eigenvalue weighted by Gasteiger charge is -2.20. The van der Waals surface area contributed by atoms with Crippen LogP contribution >= 0.6 is 0 Å². The third kappa shape index (κ3) is 3.64. The van der Waals surface area contributed by atoms with Crippen LogP contribution in [0.5, 0.6) is 17.2 Å². The van der Waals surface area contributed by atoms with Crippen LogP contribution in [-0.4, -0.2) is 34.9 Å². The van der Waals surface area contributed by atoms with Gasteiger partial charge in [0.25, 0.3) is 0 Å². The molecule has 0 bridgehead atoms. The van der Waals surface area contributed by atoms with E-state index in [1.807, 2.05) is 30.3 Å². The van der Waals surface area contributed by atoms with Gasteiger partial charge < -0.3 is 19.1 Å². The molecule has 0 heterocycles. The molecule has 22 heavy (non-hydrogen) atoms. The molecule has 0 aliphatic rings. The fraction of sp³-hybridized carbons (Fsp3) is 0.333. The lowest BCUT2D eigenvalue weighted by molar-refractivity contribution is 0.324. The van der Waals surface area contributed by atoms with Gasteiger partial charge in [-0.25, -0.2) is 0 Å². The van der Waals surface area contributed by atoms with Crippen LogP contribution in [0.15, 0.2) is 42.5 Å². The molecule has 4 heteroatoms. The van der Waals surface area contributed by atoms with Gasteiger partial charge in [0, 0.05) is 19.3 Å². The number of likely N-dealkylation sites (N-methyl/N-ethyl adjacent to an activating group) is 1. The molecule has 0 amide bonds. The highest BCUT2D eigenvalue weighted by Gasteiger charge is 2.13. The van der Waals surface area contributed by atoms with E-state index in [-0.39, 0.29) is 0 Å². The number of benzene rings is 2. The molecular formula is C18H23NO3. The topological polar surface area (TPSA) is 30.9 Å². The van der Waals surface area contributed by atoms with Crippen molar-refractivity contribution in [2.75, 3.05) is 39.8 Å². The van der Waals surface area contributed by atoms with Crippen LogP contribution in [0, 0.1) is 0 Å². The van der Waals surface area contributed by atoms with Gasteiger partial charge in [0.2, 0.25) is 5.75 Å². The summed E-state index contributed by atoms with van der Waals surface area (Å²) in [7, 11) is 6.98. The highest BCUT2D eigenvalue weighted by Crippen LogP contribution is 2.38. The van der Waals surface area contributed by atoms with Crippen LogP contribution in [0.1, 0.15) is 5.56 Å². The molecule has 0 unspecified atom stereocenters. The average Bonchev–Trinajstić information content (AvgIpc) is 2.59. The lowest BCUT2D eigenvalue weighted by Crippen LogP contribution is -2.20. The molecule has 118 valence electrons. The minimum atomic E-state index is 0.630. The number of hydrogen-bond acceptors (Lipinski definition) is 4. The van der Waals surface area contributed by atoms with Gasteiger partial charge in [-0.15, -0.1) is 0 Å². The lowest BCUT2D eigenvalue weighted by atomic mass is 10.1. The zero-order valence-electron chi connectivity index (χ0n) is 13.6. The Balaban J connectivity index is 2.13. The summed E-state index contributed by atoms with van der Waals surface area (Å²) in [4.78, 5) is 2.23. The summed E-state index contributed by atoms with van der Waals surface area (Å²) in [6, 6.07) is 14.3. The summed E-state index contributed by atoms with van der Waals surface area (Å²) in [5, 5.41) is 0. The first-order valence-corrected chi connectivity index (χ1v) is 7.24. The van der Waals surface area contributed by atoms with Gasteiger partial charge in [0.1, 0.15) is 0 Å². The van der Waals surface area contributed by atoms with E-state index in [2.05, 4.69) is 24.1 Å². The van der Waals surface area contributed by atoms with E-state index in [4.69, 9.17) is 14.2 Å². The van der Waals surface area contributed by atoms with Crippen molar-refractivity contribution in [2.24, 2.45) is 0 Å². The second-order valence-corrected chi connectivity index (χ2v) is 5.04. The standard InChI is InChI=1S/C18H23NO3/c1-19(15-8-6-5-7-9-15)11-10-14-12-16(20-2)18(22-4)17(13-14)21-3/h5-9,12-13H,10-11H2,1-4H3. The monoisotopic (exact) mass is 301 g/mol. The molecule has 0 saturated heterocycles. The maximum absolute atomic E-state index is 5.39. The number of para-hydroxylation sites is 1. The SMILES string of the molecule is COc1cc(CCN(C)c2ccccc2)cc(OC)c1OC. The predicted molar refractivity (Wildman–Crippen MR) is 89.5 cm³/mol. The van der Waals surface area contributed by atoms with Crippen molar-refractivity contribution >= 4 is 5.69 Å². The Morgan fingerprint density at radius 2 is 1.45 bits per heavy atom. The van der Waals surface area contributed by atoms with Gasteiger partial charge in [-0.1, -0.05) is 18.2 Å². The summed E-state index contributed by atoms with van der Waals surface area (Å²) in [5.74, 6) is 2.02. The molecule has 0 fully saturated rings. The molecule has 4 nitrogen and oxygen atoms in total. The smallest absolute Gasteiger partial charge is 0.203 e. The van der Waals surface area contributed by atoms with Crippen molar-refractivity contribution in [3.63, 3.8) is 0 Å². The Kier molecular flexibility index (Phi) is 5.53. The summed E-state index contributed by atoms with van der Waals surface area (Å²) < 4.78 is 16.1. The van der Waals surface area contributed by atoms with Gasteiger partial charge >= 0.3 is 0 Å².